The molecule has 1 fully saturated rings. The van der Waals surface area contributed by atoms with Crippen molar-refractivity contribution in [2.75, 3.05) is 44.2 Å². The molecule has 0 saturated carbocycles. The maximum absolute atomic E-state index is 10.7. The first-order valence-corrected chi connectivity index (χ1v) is 7.17. The van der Waals surface area contributed by atoms with Gasteiger partial charge in [-0.15, -0.1) is 11.3 Å². The van der Waals surface area contributed by atoms with E-state index < -0.39 is 0 Å². The van der Waals surface area contributed by atoms with Crippen LogP contribution in [0.3, 0.4) is 0 Å². The quantitative estimate of drug-likeness (QED) is 0.778. The predicted octanol–water partition coefficient (Wildman–Crippen LogP) is 1.30. The Morgan fingerprint density at radius 3 is 2.84 bits per heavy atom. The van der Waals surface area contributed by atoms with Crippen molar-refractivity contribution >= 4 is 23.0 Å². The summed E-state index contributed by atoms with van der Waals surface area (Å²) in [5.41, 5.74) is 1.05. The monoisotopic (exact) mass is 279 g/mol. The Morgan fingerprint density at radius 2 is 2.21 bits per heavy atom. The molecule has 2 heterocycles. The number of esters is 1. The number of nitrogens with zero attached hydrogens (tertiary/aromatic N) is 3. The van der Waals surface area contributed by atoms with Crippen molar-refractivity contribution in [2.24, 2.45) is 0 Å². The zero-order chi connectivity index (χ0) is 13.7. The lowest BCUT2D eigenvalue weighted by Gasteiger charge is -2.35. The van der Waals surface area contributed by atoms with Crippen molar-refractivity contribution in [2.45, 2.75) is 6.92 Å². The summed E-state index contributed by atoms with van der Waals surface area (Å²) in [4.78, 5) is 16.0. The lowest BCUT2D eigenvalue weighted by atomic mass is 10.2. The third-order valence-electron chi connectivity index (χ3n) is 3.17. The van der Waals surface area contributed by atoms with Crippen LogP contribution in [-0.2, 0) is 9.53 Å². The van der Waals surface area contributed by atoms with Crippen LogP contribution in [0.1, 0.15) is 11.8 Å². The van der Waals surface area contributed by atoms with Gasteiger partial charge in [0.1, 0.15) is 17.6 Å². The second-order valence-corrected chi connectivity index (χ2v) is 5.33. The van der Waals surface area contributed by atoms with E-state index in [2.05, 4.69) is 15.9 Å². The molecule has 19 heavy (non-hydrogen) atoms. The van der Waals surface area contributed by atoms with Crippen LogP contribution in [0.15, 0.2) is 11.4 Å². The van der Waals surface area contributed by atoms with E-state index in [-0.39, 0.29) is 5.97 Å². The van der Waals surface area contributed by atoms with E-state index >= 15 is 0 Å². The number of carbonyl (C=O) groups is 1. The Hall–Kier alpha value is -1.58. The number of anilines is 1. The molecule has 0 radical (unpaired) electrons. The van der Waals surface area contributed by atoms with Gasteiger partial charge in [0.25, 0.3) is 0 Å². The van der Waals surface area contributed by atoms with Gasteiger partial charge in [0.05, 0.1) is 5.69 Å². The van der Waals surface area contributed by atoms with Crippen molar-refractivity contribution in [3.63, 3.8) is 0 Å². The summed E-state index contributed by atoms with van der Waals surface area (Å²) in [5.74, 6) is -0.226. The number of thiophene rings is 1. The Bertz CT molecular complexity index is 472. The zero-order valence-electron chi connectivity index (χ0n) is 11.0. The van der Waals surface area contributed by atoms with Crippen LogP contribution in [0.4, 0.5) is 5.69 Å². The van der Waals surface area contributed by atoms with E-state index in [0.29, 0.717) is 6.61 Å². The molecule has 2 rings (SSSR count). The average Bonchev–Trinajstić information content (AvgIpc) is 2.87. The summed E-state index contributed by atoms with van der Waals surface area (Å²) in [6.45, 7) is 6.35. The maximum Gasteiger partial charge on any atom is 0.302 e. The first-order valence-electron chi connectivity index (χ1n) is 6.29. The van der Waals surface area contributed by atoms with Gasteiger partial charge in [-0.25, -0.2) is 0 Å². The molecule has 0 aliphatic carbocycles. The van der Waals surface area contributed by atoms with Gasteiger partial charge in [0, 0.05) is 39.6 Å². The van der Waals surface area contributed by atoms with Gasteiger partial charge >= 0.3 is 5.97 Å². The van der Waals surface area contributed by atoms with Gasteiger partial charge in [-0.2, -0.15) is 5.26 Å². The minimum absolute atomic E-state index is 0.226. The van der Waals surface area contributed by atoms with E-state index in [9.17, 15) is 4.79 Å². The predicted molar refractivity (Wildman–Crippen MR) is 74.3 cm³/mol. The Balaban J connectivity index is 1.80. The van der Waals surface area contributed by atoms with Crippen molar-refractivity contribution in [1.82, 2.24) is 4.90 Å². The van der Waals surface area contributed by atoms with Crippen LogP contribution in [-0.4, -0.2) is 50.2 Å². The lowest BCUT2D eigenvalue weighted by Crippen LogP contribution is -2.47. The molecule has 1 aromatic rings. The van der Waals surface area contributed by atoms with Gasteiger partial charge in [-0.1, -0.05) is 0 Å². The van der Waals surface area contributed by atoms with Gasteiger partial charge in [-0.05, 0) is 11.4 Å². The lowest BCUT2D eigenvalue weighted by molar-refractivity contribution is -0.141. The third kappa shape index (κ3) is 3.69. The molecule has 0 aromatic carbocycles. The average molecular weight is 279 g/mol. The third-order valence-corrected chi connectivity index (χ3v) is 3.98. The Kier molecular flexibility index (Phi) is 4.77. The summed E-state index contributed by atoms with van der Waals surface area (Å²) in [5, 5.41) is 11.0. The summed E-state index contributed by atoms with van der Waals surface area (Å²) in [6, 6.07) is 4.25. The molecule has 0 N–H and O–H groups in total. The minimum Gasteiger partial charge on any atom is -0.465 e. The first-order chi connectivity index (χ1) is 9.20. The van der Waals surface area contributed by atoms with Crippen LogP contribution in [0.5, 0.6) is 0 Å². The Labute approximate surface area is 117 Å². The highest BCUT2D eigenvalue weighted by Crippen LogP contribution is 2.26. The molecule has 0 bridgehead atoms. The fraction of sp³-hybridized carbons (Fsp3) is 0.538. The highest BCUT2D eigenvalue weighted by Gasteiger charge is 2.19. The molecule has 0 atom stereocenters. The second-order valence-electron chi connectivity index (χ2n) is 4.42. The molecule has 0 amide bonds. The smallest absolute Gasteiger partial charge is 0.302 e. The van der Waals surface area contributed by atoms with Crippen molar-refractivity contribution in [3.8, 4) is 6.07 Å². The molecule has 1 saturated heterocycles. The molecule has 6 heteroatoms. The number of piperazine rings is 1. The number of hydrogen-bond donors (Lipinski definition) is 0. The topological polar surface area (TPSA) is 56.6 Å². The second kappa shape index (κ2) is 6.55. The van der Waals surface area contributed by atoms with Crippen LogP contribution >= 0.6 is 11.3 Å². The van der Waals surface area contributed by atoms with Crippen LogP contribution in [0.2, 0.25) is 0 Å². The fourth-order valence-electron chi connectivity index (χ4n) is 2.17. The van der Waals surface area contributed by atoms with Gasteiger partial charge in [0.15, 0.2) is 0 Å². The van der Waals surface area contributed by atoms with E-state index in [1.165, 1.54) is 18.3 Å². The summed E-state index contributed by atoms with van der Waals surface area (Å²) >= 11 is 1.49. The standard InChI is InChI=1S/C13H17N3O2S/c1-11(17)18-8-7-15-3-5-16(6-4-15)12-2-9-19-13(12)10-14/h2,9H,3-8H2,1H3. The molecule has 1 aromatic heterocycles. The minimum atomic E-state index is -0.226. The highest BCUT2D eigenvalue weighted by atomic mass is 32.1. The van der Waals surface area contributed by atoms with E-state index in [4.69, 9.17) is 10.00 Å². The number of rotatable bonds is 4. The molecule has 1 aliphatic rings. The highest BCUT2D eigenvalue weighted by molar-refractivity contribution is 7.11. The van der Waals surface area contributed by atoms with Crippen molar-refractivity contribution in [1.29, 1.82) is 5.26 Å². The molecular weight excluding hydrogens is 262 g/mol. The van der Waals surface area contributed by atoms with Crippen LogP contribution in [0, 0.1) is 11.3 Å². The summed E-state index contributed by atoms with van der Waals surface area (Å²) in [6.07, 6.45) is 0. The first kappa shape index (κ1) is 13.8. The van der Waals surface area contributed by atoms with E-state index in [1.807, 2.05) is 11.4 Å². The van der Waals surface area contributed by atoms with E-state index in [1.54, 1.807) is 0 Å². The van der Waals surface area contributed by atoms with Gasteiger partial charge in [0.2, 0.25) is 0 Å². The largest absolute Gasteiger partial charge is 0.465 e. The van der Waals surface area contributed by atoms with E-state index in [0.717, 1.165) is 43.3 Å². The molecule has 5 nitrogen and oxygen atoms in total. The van der Waals surface area contributed by atoms with Crippen LogP contribution in [0.25, 0.3) is 0 Å². The molecule has 0 unspecified atom stereocenters. The normalized spacial score (nSPS) is 16.1. The number of hydrogen-bond acceptors (Lipinski definition) is 6. The summed E-state index contributed by atoms with van der Waals surface area (Å²) in [7, 11) is 0. The van der Waals surface area contributed by atoms with Crippen LogP contribution < -0.4 is 4.90 Å². The molecule has 0 spiro atoms. The van der Waals surface area contributed by atoms with Crippen molar-refractivity contribution < 1.29 is 9.53 Å². The SMILES string of the molecule is CC(=O)OCCN1CCN(c2ccsc2C#N)CC1. The maximum atomic E-state index is 10.7. The number of ether oxygens (including phenoxy) is 1. The summed E-state index contributed by atoms with van der Waals surface area (Å²) < 4.78 is 4.94. The molecule has 102 valence electrons. The number of nitriles is 1. The zero-order valence-corrected chi connectivity index (χ0v) is 11.8. The van der Waals surface area contributed by atoms with Gasteiger partial charge < -0.3 is 9.64 Å². The molecular formula is C13H17N3O2S. The fourth-order valence-corrected chi connectivity index (χ4v) is 2.87. The Morgan fingerprint density at radius 1 is 1.47 bits per heavy atom. The van der Waals surface area contributed by atoms with Crippen molar-refractivity contribution in [3.05, 3.63) is 16.3 Å². The molecule has 1 aliphatic heterocycles. The number of carbonyl (C=O) groups excluding carboxylic acids is 1. The van der Waals surface area contributed by atoms with Gasteiger partial charge in [-0.3, -0.25) is 9.69 Å².